The van der Waals surface area contributed by atoms with E-state index < -0.39 is 6.04 Å². The van der Waals surface area contributed by atoms with Gasteiger partial charge in [-0.1, -0.05) is 0 Å². The van der Waals surface area contributed by atoms with Gasteiger partial charge in [-0.15, -0.1) is 10.2 Å². The van der Waals surface area contributed by atoms with Crippen LogP contribution >= 0.6 is 11.3 Å². The lowest BCUT2D eigenvalue weighted by Crippen LogP contribution is -2.48. The summed E-state index contributed by atoms with van der Waals surface area (Å²) in [7, 11) is 0. The van der Waals surface area contributed by atoms with E-state index in [9.17, 15) is 4.79 Å². The number of hydrogen-bond donors (Lipinski definition) is 1. The molecule has 134 valence electrons. The molecular formula is C18H20N6OS. The van der Waals surface area contributed by atoms with Crippen LogP contribution in [0.1, 0.15) is 22.8 Å². The highest BCUT2D eigenvalue weighted by molar-refractivity contribution is 7.07. The van der Waals surface area contributed by atoms with E-state index in [4.69, 9.17) is 5.73 Å². The average molecular weight is 368 g/mol. The standard InChI is InChI=1S/C18H20N6OS/c19-15(9-13-1-4-20-5-2-13)18(25)23-6-7-24-16(21-22-17(24)11-23)10-14-3-8-26-12-14/h1-5,8,12,15H,6-7,9-11,19H2/t15-/m0/s1. The van der Waals surface area contributed by atoms with Gasteiger partial charge in [0.15, 0.2) is 5.82 Å². The van der Waals surface area contributed by atoms with Gasteiger partial charge in [-0.2, -0.15) is 11.3 Å². The van der Waals surface area contributed by atoms with Crippen molar-refractivity contribution < 1.29 is 4.79 Å². The summed E-state index contributed by atoms with van der Waals surface area (Å²) < 4.78 is 2.12. The smallest absolute Gasteiger partial charge is 0.240 e. The van der Waals surface area contributed by atoms with Crippen LogP contribution in [-0.4, -0.2) is 43.1 Å². The predicted molar refractivity (Wildman–Crippen MR) is 98.5 cm³/mol. The summed E-state index contributed by atoms with van der Waals surface area (Å²) in [4.78, 5) is 18.5. The molecule has 1 atom stereocenters. The molecule has 0 saturated carbocycles. The molecule has 2 N–H and O–H groups in total. The second kappa shape index (κ2) is 7.35. The Labute approximate surface area is 155 Å². The first-order valence-electron chi connectivity index (χ1n) is 8.56. The zero-order valence-corrected chi connectivity index (χ0v) is 15.1. The number of carbonyl (C=O) groups excluding carboxylic acids is 1. The van der Waals surface area contributed by atoms with Crippen molar-refractivity contribution in [3.63, 3.8) is 0 Å². The Kier molecular flexibility index (Phi) is 4.77. The van der Waals surface area contributed by atoms with Gasteiger partial charge in [-0.3, -0.25) is 9.78 Å². The summed E-state index contributed by atoms with van der Waals surface area (Å²) in [6.07, 6.45) is 4.70. The summed E-state index contributed by atoms with van der Waals surface area (Å²) in [5.74, 6) is 1.73. The third-order valence-electron chi connectivity index (χ3n) is 4.61. The molecule has 0 fully saturated rings. The fourth-order valence-corrected chi connectivity index (χ4v) is 3.88. The van der Waals surface area contributed by atoms with Gasteiger partial charge < -0.3 is 15.2 Å². The van der Waals surface area contributed by atoms with Crippen molar-refractivity contribution in [1.82, 2.24) is 24.6 Å². The maximum atomic E-state index is 12.7. The molecule has 0 aliphatic carbocycles. The van der Waals surface area contributed by atoms with E-state index in [0.717, 1.165) is 23.6 Å². The first kappa shape index (κ1) is 16.9. The van der Waals surface area contributed by atoms with E-state index in [0.29, 0.717) is 26.1 Å². The average Bonchev–Trinajstić information content (AvgIpc) is 3.32. The highest BCUT2D eigenvalue weighted by Gasteiger charge is 2.27. The van der Waals surface area contributed by atoms with Gasteiger partial charge in [-0.05, 0) is 46.5 Å². The third-order valence-corrected chi connectivity index (χ3v) is 5.34. The summed E-state index contributed by atoms with van der Waals surface area (Å²) in [6.45, 7) is 1.79. The number of pyridine rings is 1. The van der Waals surface area contributed by atoms with Crippen LogP contribution in [0.25, 0.3) is 0 Å². The summed E-state index contributed by atoms with van der Waals surface area (Å²) >= 11 is 1.68. The minimum atomic E-state index is -0.558. The lowest BCUT2D eigenvalue weighted by Gasteiger charge is -2.30. The molecule has 1 aliphatic heterocycles. The zero-order chi connectivity index (χ0) is 17.9. The number of hydrogen-bond acceptors (Lipinski definition) is 6. The highest BCUT2D eigenvalue weighted by Crippen LogP contribution is 2.17. The Morgan fingerprint density at radius 1 is 1.19 bits per heavy atom. The van der Waals surface area contributed by atoms with E-state index in [-0.39, 0.29) is 5.91 Å². The molecule has 8 heteroatoms. The Balaban J connectivity index is 1.42. The minimum Gasteiger partial charge on any atom is -0.332 e. The van der Waals surface area contributed by atoms with Gasteiger partial charge in [-0.25, -0.2) is 0 Å². The molecule has 0 spiro atoms. The van der Waals surface area contributed by atoms with E-state index >= 15 is 0 Å². The molecule has 0 aromatic carbocycles. The Bertz CT molecular complexity index is 876. The fourth-order valence-electron chi connectivity index (χ4n) is 3.21. The quantitative estimate of drug-likeness (QED) is 0.732. The van der Waals surface area contributed by atoms with Gasteiger partial charge >= 0.3 is 0 Å². The van der Waals surface area contributed by atoms with Crippen LogP contribution in [0, 0.1) is 0 Å². The van der Waals surface area contributed by atoms with Crippen molar-refractivity contribution in [2.45, 2.75) is 32.0 Å². The lowest BCUT2D eigenvalue weighted by atomic mass is 10.1. The number of thiophene rings is 1. The zero-order valence-electron chi connectivity index (χ0n) is 14.3. The summed E-state index contributed by atoms with van der Waals surface area (Å²) in [5, 5.41) is 12.8. The Morgan fingerprint density at radius 3 is 2.81 bits per heavy atom. The van der Waals surface area contributed by atoms with Crippen LogP contribution < -0.4 is 5.73 Å². The van der Waals surface area contributed by atoms with Crippen LogP contribution in [-0.2, 0) is 30.7 Å². The van der Waals surface area contributed by atoms with Gasteiger partial charge in [0.2, 0.25) is 5.91 Å². The van der Waals surface area contributed by atoms with E-state index in [1.54, 1.807) is 28.6 Å². The lowest BCUT2D eigenvalue weighted by molar-refractivity contribution is -0.134. The van der Waals surface area contributed by atoms with Gasteiger partial charge in [0.05, 0.1) is 12.6 Å². The van der Waals surface area contributed by atoms with Crippen LogP contribution in [0.3, 0.4) is 0 Å². The first-order valence-corrected chi connectivity index (χ1v) is 9.50. The third kappa shape index (κ3) is 3.51. The van der Waals surface area contributed by atoms with Crippen LogP contribution in [0.2, 0.25) is 0 Å². The van der Waals surface area contributed by atoms with Gasteiger partial charge in [0.25, 0.3) is 0 Å². The second-order valence-corrected chi connectivity index (χ2v) is 7.20. The maximum Gasteiger partial charge on any atom is 0.240 e. The molecule has 1 amide bonds. The molecule has 0 radical (unpaired) electrons. The molecule has 4 heterocycles. The van der Waals surface area contributed by atoms with E-state index in [1.165, 1.54) is 5.56 Å². The monoisotopic (exact) mass is 368 g/mol. The molecule has 3 aromatic heterocycles. The molecule has 0 saturated heterocycles. The molecule has 0 bridgehead atoms. The minimum absolute atomic E-state index is 0.0459. The van der Waals surface area contributed by atoms with E-state index in [2.05, 4.69) is 36.6 Å². The van der Waals surface area contributed by atoms with Crippen LogP contribution in [0.15, 0.2) is 41.4 Å². The van der Waals surface area contributed by atoms with Crippen molar-refractivity contribution in [2.75, 3.05) is 6.54 Å². The number of carbonyl (C=O) groups is 1. The SMILES string of the molecule is N[C@@H](Cc1ccncc1)C(=O)N1CCn2c(Cc3ccsc3)nnc2C1. The van der Waals surface area contributed by atoms with Crippen molar-refractivity contribution in [3.8, 4) is 0 Å². The molecule has 1 aliphatic rings. The number of rotatable bonds is 5. The molecule has 4 rings (SSSR count). The number of amides is 1. The molecule has 3 aromatic rings. The van der Waals surface area contributed by atoms with Crippen molar-refractivity contribution >= 4 is 17.2 Å². The van der Waals surface area contributed by atoms with Crippen molar-refractivity contribution in [3.05, 3.63) is 64.1 Å². The number of fused-ring (bicyclic) bond motifs is 1. The summed E-state index contributed by atoms with van der Waals surface area (Å²) in [6, 6.07) is 5.31. The first-order chi connectivity index (χ1) is 12.7. The van der Waals surface area contributed by atoms with E-state index in [1.807, 2.05) is 12.1 Å². The molecule has 0 unspecified atom stereocenters. The van der Waals surface area contributed by atoms with Gasteiger partial charge in [0, 0.05) is 31.9 Å². The predicted octanol–water partition coefficient (Wildman–Crippen LogP) is 1.24. The number of nitrogens with two attached hydrogens (primary N) is 1. The number of nitrogens with zero attached hydrogens (tertiary/aromatic N) is 5. The fraction of sp³-hybridized carbons (Fsp3) is 0.333. The maximum absolute atomic E-state index is 12.7. The second-order valence-electron chi connectivity index (χ2n) is 6.42. The Hall–Kier alpha value is -2.58. The number of aromatic nitrogens is 4. The largest absolute Gasteiger partial charge is 0.332 e. The Morgan fingerprint density at radius 2 is 2.04 bits per heavy atom. The van der Waals surface area contributed by atoms with Crippen molar-refractivity contribution in [1.29, 1.82) is 0 Å². The molecule has 26 heavy (non-hydrogen) atoms. The van der Waals surface area contributed by atoms with Crippen LogP contribution in [0.4, 0.5) is 0 Å². The topological polar surface area (TPSA) is 89.9 Å². The van der Waals surface area contributed by atoms with Gasteiger partial charge in [0.1, 0.15) is 5.82 Å². The van der Waals surface area contributed by atoms with Crippen LogP contribution in [0.5, 0.6) is 0 Å². The highest BCUT2D eigenvalue weighted by atomic mass is 32.1. The normalized spacial score (nSPS) is 14.9. The molecular weight excluding hydrogens is 348 g/mol. The summed E-state index contributed by atoms with van der Waals surface area (Å²) in [5.41, 5.74) is 8.39. The molecule has 7 nitrogen and oxygen atoms in total. The van der Waals surface area contributed by atoms with Crippen molar-refractivity contribution in [2.24, 2.45) is 5.73 Å².